The van der Waals surface area contributed by atoms with E-state index in [1.807, 2.05) is 24.3 Å². The first-order valence-corrected chi connectivity index (χ1v) is 6.49. The van der Waals surface area contributed by atoms with Crippen molar-refractivity contribution in [1.29, 1.82) is 10.5 Å². The maximum atomic E-state index is 9.08. The van der Waals surface area contributed by atoms with Crippen molar-refractivity contribution in [2.24, 2.45) is 0 Å². The zero-order valence-electron chi connectivity index (χ0n) is 11.2. The van der Waals surface area contributed by atoms with Crippen LogP contribution in [-0.4, -0.2) is 4.90 Å². The number of nitriles is 2. The van der Waals surface area contributed by atoms with E-state index < -0.39 is 0 Å². The average Bonchev–Trinajstić information content (AvgIpc) is 2.89. The molecule has 0 N–H and O–H groups in total. The third-order valence-electron chi connectivity index (χ3n) is 3.66. The molecule has 0 saturated carbocycles. The lowest BCUT2D eigenvalue weighted by Gasteiger charge is -2.10. The van der Waals surface area contributed by atoms with Gasteiger partial charge in [0.25, 0.3) is 0 Å². The van der Waals surface area contributed by atoms with Gasteiger partial charge in [0.15, 0.2) is 6.19 Å². The molecule has 0 atom stereocenters. The summed E-state index contributed by atoms with van der Waals surface area (Å²) >= 11 is 0. The van der Waals surface area contributed by atoms with Crippen molar-refractivity contribution in [1.82, 2.24) is 4.90 Å². The van der Waals surface area contributed by atoms with Crippen LogP contribution >= 0.6 is 0 Å². The Labute approximate surface area is 118 Å². The minimum Gasteiger partial charge on any atom is -0.302 e. The van der Waals surface area contributed by atoms with Gasteiger partial charge < -0.3 is 4.90 Å². The summed E-state index contributed by atoms with van der Waals surface area (Å²) < 4.78 is 0. The zero-order chi connectivity index (χ0) is 14.1. The summed E-state index contributed by atoms with van der Waals surface area (Å²) in [6.45, 7) is 3.43. The summed E-state index contributed by atoms with van der Waals surface area (Å²) in [5.74, 6) is 0. The minimum atomic E-state index is 0.664. The molecule has 0 amide bonds. The molecule has 0 fully saturated rings. The van der Waals surface area contributed by atoms with Crippen molar-refractivity contribution in [3.05, 3.63) is 58.7 Å². The van der Waals surface area contributed by atoms with Crippen LogP contribution in [0.2, 0.25) is 0 Å². The highest BCUT2D eigenvalue weighted by molar-refractivity contribution is 5.71. The number of hydrogen-bond acceptors (Lipinski definition) is 3. The van der Waals surface area contributed by atoms with Gasteiger partial charge in [-0.1, -0.05) is 29.8 Å². The van der Waals surface area contributed by atoms with Gasteiger partial charge in [-0.3, -0.25) is 0 Å². The van der Waals surface area contributed by atoms with Crippen LogP contribution in [0.15, 0.2) is 36.4 Å². The lowest BCUT2D eigenvalue weighted by molar-refractivity contribution is 0.417. The van der Waals surface area contributed by atoms with Gasteiger partial charge in [-0.2, -0.15) is 10.5 Å². The summed E-state index contributed by atoms with van der Waals surface area (Å²) in [6.07, 6.45) is 2.22. The minimum absolute atomic E-state index is 0.664. The molecule has 1 aliphatic rings. The molecule has 3 nitrogen and oxygen atoms in total. The number of fused-ring (bicyclic) bond motifs is 1. The molecule has 0 aromatic heterocycles. The summed E-state index contributed by atoms with van der Waals surface area (Å²) in [5.41, 5.74) is 6.58. The molecule has 20 heavy (non-hydrogen) atoms. The number of benzene rings is 2. The molecule has 3 heteroatoms. The molecule has 1 heterocycles. The van der Waals surface area contributed by atoms with Crippen LogP contribution in [0.1, 0.15) is 22.3 Å². The third-order valence-corrected chi connectivity index (χ3v) is 3.66. The van der Waals surface area contributed by atoms with Crippen LogP contribution in [0.3, 0.4) is 0 Å². The normalized spacial score (nSPS) is 12.7. The van der Waals surface area contributed by atoms with Gasteiger partial charge >= 0.3 is 0 Å². The van der Waals surface area contributed by atoms with Crippen LogP contribution in [0.25, 0.3) is 11.1 Å². The van der Waals surface area contributed by atoms with Crippen molar-refractivity contribution in [2.75, 3.05) is 0 Å². The maximum absolute atomic E-state index is 9.08. The number of rotatable bonds is 1. The standard InChI is InChI=1S/C17H13N3/c1-12-6-15-9-20(11-19)10-17(15)16(7-12)14-4-2-13(8-18)3-5-14/h2-7H,9-10H2,1H3. The zero-order valence-corrected chi connectivity index (χ0v) is 11.2. The summed E-state index contributed by atoms with van der Waals surface area (Å²) in [4.78, 5) is 1.76. The molecule has 2 aromatic rings. The number of nitrogens with zero attached hydrogens (tertiary/aromatic N) is 3. The number of hydrogen-bond donors (Lipinski definition) is 0. The fourth-order valence-corrected chi connectivity index (χ4v) is 2.72. The molecule has 0 bridgehead atoms. The van der Waals surface area contributed by atoms with Gasteiger partial charge in [-0.15, -0.1) is 0 Å². The molecule has 0 saturated heterocycles. The topological polar surface area (TPSA) is 50.8 Å². The van der Waals surface area contributed by atoms with Crippen molar-refractivity contribution in [2.45, 2.75) is 20.0 Å². The van der Waals surface area contributed by atoms with Crippen LogP contribution < -0.4 is 0 Å². The second-order valence-corrected chi connectivity index (χ2v) is 5.10. The lowest BCUT2D eigenvalue weighted by atomic mass is 9.94. The SMILES string of the molecule is Cc1cc2c(c(-c3ccc(C#N)cc3)c1)CN(C#N)C2. The number of aryl methyl sites for hydroxylation is 1. The highest BCUT2D eigenvalue weighted by Crippen LogP contribution is 2.33. The van der Waals surface area contributed by atoms with Crippen LogP contribution in [0.4, 0.5) is 0 Å². The fourth-order valence-electron chi connectivity index (χ4n) is 2.72. The quantitative estimate of drug-likeness (QED) is 0.738. The van der Waals surface area contributed by atoms with E-state index in [0.29, 0.717) is 18.7 Å². The van der Waals surface area contributed by atoms with Gasteiger partial charge in [-0.05, 0) is 41.3 Å². The Morgan fingerprint density at radius 2 is 1.80 bits per heavy atom. The van der Waals surface area contributed by atoms with Crippen molar-refractivity contribution in [3.8, 4) is 23.4 Å². The molecule has 2 aromatic carbocycles. The van der Waals surface area contributed by atoms with Crippen LogP contribution in [0, 0.1) is 29.7 Å². The predicted octanol–water partition coefficient (Wildman–Crippen LogP) is 3.33. The highest BCUT2D eigenvalue weighted by Gasteiger charge is 2.21. The van der Waals surface area contributed by atoms with Gasteiger partial charge in [-0.25, -0.2) is 0 Å². The second-order valence-electron chi connectivity index (χ2n) is 5.10. The van der Waals surface area contributed by atoms with Crippen molar-refractivity contribution >= 4 is 0 Å². The summed E-state index contributed by atoms with van der Waals surface area (Å²) in [5, 5.41) is 17.9. The van der Waals surface area contributed by atoms with E-state index in [-0.39, 0.29) is 0 Å². The Hall–Kier alpha value is -2.78. The first-order valence-electron chi connectivity index (χ1n) is 6.49. The smallest absolute Gasteiger partial charge is 0.179 e. The van der Waals surface area contributed by atoms with Crippen molar-refractivity contribution in [3.63, 3.8) is 0 Å². The predicted molar refractivity (Wildman–Crippen MR) is 76.2 cm³/mol. The Morgan fingerprint density at radius 1 is 1.05 bits per heavy atom. The lowest BCUT2D eigenvalue weighted by Crippen LogP contribution is -2.07. The Balaban J connectivity index is 2.11. The summed E-state index contributed by atoms with van der Waals surface area (Å²) in [6, 6.07) is 14.1. The van der Waals surface area contributed by atoms with Crippen LogP contribution in [-0.2, 0) is 13.1 Å². The van der Waals surface area contributed by atoms with E-state index in [1.54, 1.807) is 4.90 Å². The van der Waals surface area contributed by atoms with Crippen molar-refractivity contribution < 1.29 is 0 Å². The first kappa shape index (κ1) is 12.3. The monoisotopic (exact) mass is 259 g/mol. The second kappa shape index (κ2) is 4.72. The van der Waals surface area contributed by atoms with E-state index >= 15 is 0 Å². The highest BCUT2D eigenvalue weighted by atomic mass is 15.1. The molecular weight excluding hydrogens is 246 g/mol. The first-order chi connectivity index (χ1) is 9.71. The molecule has 0 spiro atoms. The van der Waals surface area contributed by atoms with E-state index in [4.69, 9.17) is 10.5 Å². The van der Waals surface area contributed by atoms with Gasteiger partial charge in [0.05, 0.1) is 24.7 Å². The van der Waals surface area contributed by atoms with E-state index in [0.717, 1.165) is 5.56 Å². The van der Waals surface area contributed by atoms with Gasteiger partial charge in [0, 0.05) is 0 Å². The van der Waals surface area contributed by atoms with E-state index in [9.17, 15) is 0 Å². The Bertz CT molecular complexity index is 746. The third kappa shape index (κ3) is 2.00. The van der Waals surface area contributed by atoms with E-state index in [1.165, 1.54) is 22.3 Å². The van der Waals surface area contributed by atoms with Gasteiger partial charge in [0.1, 0.15) is 0 Å². The maximum Gasteiger partial charge on any atom is 0.179 e. The molecule has 96 valence electrons. The Kier molecular flexibility index (Phi) is 2.89. The molecule has 3 rings (SSSR count). The van der Waals surface area contributed by atoms with E-state index in [2.05, 4.69) is 31.3 Å². The fraction of sp³-hybridized carbons (Fsp3) is 0.176. The largest absolute Gasteiger partial charge is 0.302 e. The molecule has 0 radical (unpaired) electrons. The summed E-state index contributed by atoms with van der Waals surface area (Å²) in [7, 11) is 0. The van der Waals surface area contributed by atoms with Gasteiger partial charge in [0.2, 0.25) is 0 Å². The molecule has 1 aliphatic heterocycles. The molecular formula is C17H13N3. The Morgan fingerprint density at radius 3 is 2.45 bits per heavy atom. The molecule has 0 unspecified atom stereocenters. The molecule has 0 aliphatic carbocycles. The average molecular weight is 259 g/mol. The van der Waals surface area contributed by atoms with Crippen LogP contribution in [0.5, 0.6) is 0 Å².